The van der Waals surface area contributed by atoms with Crippen LogP contribution in [0.5, 0.6) is 0 Å². The summed E-state index contributed by atoms with van der Waals surface area (Å²) in [5.41, 5.74) is 10.4. The van der Waals surface area contributed by atoms with Gasteiger partial charge in [-0.25, -0.2) is 0 Å². The normalized spacial score (nSPS) is 12.2. The van der Waals surface area contributed by atoms with E-state index in [1.165, 1.54) is 0 Å². The van der Waals surface area contributed by atoms with E-state index in [1.54, 1.807) is 0 Å². The van der Waals surface area contributed by atoms with Gasteiger partial charge in [0.05, 0.1) is 6.04 Å². The van der Waals surface area contributed by atoms with Gasteiger partial charge in [0.25, 0.3) is 0 Å². The van der Waals surface area contributed by atoms with Crippen LogP contribution in [0.15, 0.2) is 0 Å². The van der Waals surface area contributed by atoms with Crippen LogP contribution in [0.2, 0.25) is 0 Å². The monoisotopic (exact) mass is 187 g/mol. The molecule has 0 aliphatic heterocycles. The molecule has 2 amide bonds. The third-order valence-corrected chi connectivity index (χ3v) is 1.68. The van der Waals surface area contributed by atoms with E-state index in [1.807, 2.05) is 6.92 Å². The highest BCUT2D eigenvalue weighted by atomic mass is 16.2. The van der Waals surface area contributed by atoms with Crippen LogP contribution >= 0.6 is 0 Å². The Hall–Kier alpha value is -1.10. The van der Waals surface area contributed by atoms with Gasteiger partial charge in [-0.05, 0) is 12.8 Å². The quantitative estimate of drug-likeness (QED) is 0.470. The lowest BCUT2D eigenvalue weighted by Gasteiger charge is -2.08. The molecule has 0 fully saturated rings. The molecule has 0 heterocycles. The molecule has 0 aliphatic carbocycles. The molecule has 13 heavy (non-hydrogen) atoms. The van der Waals surface area contributed by atoms with Gasteiger partial charge in [-0.15, -0.1) is 0 Å². The minimum Gasteiger partial charge on any atom is -0.370 e. The van der Waals surface area contributed by atoms with Crippen molar-refractivity contribution in [2.75, 3.05) is 6.54 Å². The predicted molar refractivity (Wildman–Crippen MR) is 49.7 cm³/mol. The van der Waals surface area contributed by atoms with E-state index in [9.17, 15) is 9.59 Å². The molecule has 0 unspecified atom stereocenters. The van der Waals surface area contributed by atoms with Gasteiger partial charge in [0, 0.05) is 13.0 Å². The summed E-state index contributed by atoms with van der Waals surface area (Å²) in [5.74, 6) is -0.527. The Kier molecular flexibility index (Phi) is 5.88. The SMILES string of the molecule is CC[C@H](N)C(=O)NCCCC(N)=O. The van der Waals surface area contributed by atoms with Crippen molar-refractivity contribution in [3.63, 3.8) is 0 Å². The Morgan fingerprint density at radius 1 is 1.46 bits per heavy atom. The maximum absolute atomic E-state index is 11.1. The van der Waals surface area contributed by atoms with Crippen LogP contribution in [0.1, 0.15) is 26.2 Å². The first-order valence-electron chi connectivity index (χ1n) is 4.39. The molecule has 0 saturated heterocycles. The largest absolute Gasteiger partial charge is 0.370 e. The zero-order valence-corrected chi connectivity index (χ0v) is 7.88. The maximum Gasteiger partial charge on any atom is 0.236 e. The first-order chi connectivity index (χ1) is 6.07. The second-order valence-corrected chi connectivity index (χ2v) is 2.88. The molecule has 0 aliphatic rings. The van der Waals surface area contributed by atoms with E-state index in [4.69, 9.17) is 11.5 Å². The van der Waals surface area contributed by atoms with Gasteiger partial charge in [-0.3, -0.25) is 9.59 Å². The molecule has 0 aromatic heterocycles. The number of amides is 2. The number of rotatable bonds is 6. The Balaban J connectivity index is 3.42. The molecular formula is C8H17N3O2. The van der Waals surface area contributed by atoms with Crippen LogP contribution in [-0.2, 0) is 9.59 Å². The van der Waals surface area contributed by atoms with E-state index < -0.39 is 6.04 Å². The first kappa shape index (κ1) is 11.9. The lowest BCUT2D eigenvalue weighted by atomic mass is 10.2. The molecule has 0 aromatic rings. The molecule has 0 saturated carbocycles. The maximum atomic E-state index is 11.1. The highest BCUT2D eigenvalue weighted by Gasteiger charge is 2.09. The molecule has 0 spiro atoms. The number of nitrogens with two attached hydrogens (primary N) is 2. The fourth-order valence-corrected chi connectivity index (χ4v) is 0.791. The van der Waals surface area contributed by atoms with Gasteiger partial charge < -0.3 is 16.8 Å². The van der Waals surface area contributed by atoms with Crippen molar-refractivity contribution in [2.24, 2.45) is 11.5 Å². The van der Waals surface area contributed by atoms with Gasteiger partial charge in [-0.1, -0.05) is 6.92 Å². The molecule has 5 heteroatoms. The fraction of sp³-hybridized carbons (Fsp3) is 0.750. The highest BCUT2D eigenvalue weighted by Crippen LogP contribution is 1.88. The van der Waals surface area contributed by atoms with Gasteiger partial charge in [-0.2, -0.15) is 0 Å². The molecule has 0 radical (unpaired) electrons. The summed E-state index contributed by atoms with van der Waals surface area (Å²) in [4.78, 5) is 21.4. The molecule has 0 rings (SSSR count). The zero-order chi connectivity index (χ0) is 10.3. The minimum atomic E-state index is -0.450. The van der Waals surface area contributed by atoms with Crippen LogP contribution < -0.4 is 16.8 Å². The number of hydrogen-bond donors (Lipinski definition) is 3. The number of primary amides is 1. The summed E-state index contributed by atoms with van der Waals surface area (Å²) in [6.07, 6.45) is 1.47. The van der Waals surface area contributed by atoms with Gasteiger partial charge in [0.15, 0.2) is 0 Å². The van der Waals surface area contributed by atoms with Crippen molar-refractivity contribution < 1.29 is 9.59 Å². The molecule has 76 valence electrons. The molecule has 0 bridgehead atoms. The fourth-order valence-electron chi connectivity index (χ4n) is 0.791. The molecule has 1 atom stereocenters. The van der Waals surface area contributed by atoms with Crippen molar-refractivity contribution in [1.29, 1.82) is 0 Å². The van der Waals surface area contributed by atoms with E-state index in [0.29, 0.717) is 25.8 Å². The third-order valence-electron chi connectivity index (χ3n) is 1.68. The summed E-state index contributed by atoms with van der Waals surface area (Å²) < 4.78 is 0. The van der Waals surface area contributed by atoms with Crippen LogP contribution in [-0.4, -0.2) is 24.4 Å². The summed E-state index contributed by atoms with van der Waals surface area (Å²) in [7, 11) is 0. The summed E-state index contributed by atoms with van der Waals surface area (Å²) in [5, 5.41) is 2.62. The number of hydrogen-bond acceptors (Lipinski definition) is 3. The summed E-state index contributed by atoms with van der Waals surface area (Å²) >= 11 is 0. The lowest BCUT2D eigenvalue weighted by molar-refractivity contribution is -0.123. The Morgan fingerprint density at radius 3 is 2.54 bits per heavy atom. The average Bonchev–Trinajstić information content (AvgIpc) is 2.10. The number of carbonyl (C=O) groups is 2. The summed E-state index contributed by atoms with van der Waals surface area (Å²) in [6.45, 7) is 2.29. The standard InChI is InChI=1S/C8H17N3O2/c1-2-6(9)8(13)11-5-3-4-7(10)12/h6H,2-5,9H2,1H3,(H2,10,12)(H,11,13)/t6-/m0/s1. The van der Waals surface area contributed by atoms with Gasteiger partial charge in [0.1, 0.15) is 0 Å². The van der Waals surface area contributed by atoms with E-state index in [0.717, 1.165) is 0 Å². The first-order valence-corrected chi connectivity index (χ1v) is 4.39. The molecule has 5 N–H and O–H groups in total. The Morgan fingerprint density at radius 2 is 2.08 bits per heavy atom. The topological polar surface area (TPSA) is 98.2 Å². The zero-order valence-electron chi connectivity index (χ0n) is 7.88. The molecule has 5 nitrogen and oxygen atoms in total. The average molecular weight is 187 g/mol. The van der Waals surface area contributed by atoms with Crippen LogP contribution in [0, 0.1) is 0 Å². The highest BCUT2D eigenvalue weighted by molar-refractivity contribution is 5.81. The van der Waals surface area contributed by atoms with Crippen molar-refractivity contribution >= 4 is 11.8 Å². The van der Waals surface area contributed by atoms with Crippen LogP contribution in [0.25, 0.3) is 0 Å². The van der Waals surface area contributed by atoms with Crippen molar-refractivity contribution in [3.8, 4) is 0 Å². The number of carbonyl (C=O) groups excluding carboxylic acids is 2. The number of nitrogens with one attached hydrogen (secondary N) is 1. The second-order valence-electron chi connectivity index (χ2n) is 2.88. The van der Waals surface area contributed by atoms with Gasteiger partial charge >= 0.3 is 0 Å². The van der Waals surface area contributed by atoms with Crippen LogP contribution in [0.3, 0.4) is 0 Å². The third kappa shape index (κ3) is 6.10. The summed E-state index contributed by atoms with van der Waals surface area (Å²) in [6, 6.07) is -0.450. The van der Waals surface area contributed by atoms with E-state index >= 15 is 0 Å². The van der Waals surface area contributed by atoms with E-state index in [-0.39, 0.29) is 11.8 Å². The van der Waals surface area contributed by atoms with Crippen molar-refractivity contribution in [1.82, 2.24) is 5.32 Å². The lowest BCUT2D eigenvalue weighted by Crippen LogP contribution is -2.40. The second kappa shape index (κ2) is 6.42. The van der Waals surface area contributed by atoms with E-state index in [2.05, 4.69) is 5.32 Å². The van der Waals surface area contributed by atoms with Crippen LogP contribution in [0.4, 0.5) is 0 Å². The Bertz CT molecular complexity index is 182. The molecular weight excluding hydrogens is 170 g/mol. The smallest absolute Gasteiger partial charge is 0.236 e. The predicted octanol–water partition coefficient (Wildman–Crippen LogP) is -0.895. The van der Waals surface area contributed by atoms with Crippen molar-refractivity contribution in [3.05, 3.63) is 0 Å². The Labute approximate surface area is 77.8 Å². The van der Waals surface area contributed by atoms with Gasteiger partial charge in [0.2, 0.25) is 11.8 Å². The molecule has 0 aromatic carbocycles. The minimum absolute atomic E-state index is 0.174. The van der Waals surface area contributed by atoms with Crippen molar-refractivity contribution in [2.45, 2.75) is 32.2 Å².